The van der Waals surface area contributed by atoms with Crippen LogP contribution in [0.4, 0.5) is 0 Å². The van der Waals surface area contributed by atoms with Crippen molar-refractivity contribution in [2.75, 3.05) is 7.11 Å². The molecule has 4 aliphatic carbocycles. The molecule has 1 aromatic rings. The van der Waals surface area contributed by atoms with E-state index in [1.54, 1.807) is 20.8 Å². The van der Waals surface area contributed by atoms with Gasteiger partial charge in [0.25, 0.3) is 0 Å². The van der Waals surface area contributed by atoms with Gasteiger partial charge in [0.2, 0.25) is 5.60 Å². The zero-order valence-electron chi connectivity index (χ0n) is 30.5. The monoisotopic (exact) mass is 734 g/mol. The SMILES string of the molecule is COC(=O)C[C@H]1[C@@]2(C)C[C@]3(O)[C@@](OC(C)=O)([C@H]4OC5(C)C[C@@H]6[C@](C)([C@@H](OC(C)=O)c7ccoc7)[C@@H](O)[C@@H](OC(C)=O)[C@@](O)([C@@]64O5)[C@]13C)[C@H]2OC(C)=O. The van der Waals surface area contributed by atoms with Gasteiger partial charge in [0.1, 0.15) is 35.1 Å². The summed E-state index contributed by atoms with van der Waals surface area (Å²) >= 11 is 0. The Balaban J connectivity index is 1.63. The maximum atomic E-state index is 14.1. The average Bonchev–Trinajstić information content (AvgIpc) is 3.82. The third-order valence-corrected chi connectivity index (χ3v) is 13.9. The number of carbonyl (C=O) groups is 5. The molecule has 15 atom stereocenters. The minimum absolute atomic E-state index is 0.0659. The van der Waals surface area contributed by atoms with E-state index in [0.717, 1.165) is 20.8 Å². The fourth-order valence-electron chi connectivity index (χ4n) is 12.5. The van der Waals surface area contributed by atoms with Crippen molar-refractivity contribution < 1.29 is 76.9 Å². The first-order valence-electron chi connectivity index (χ1n) is 17.3. The smallest absolute Gasteiger partial charge is 0.305 e. The van der Waals surface area contributed by atoms with Crippen molar-refractivity contribution in [3.63, 3.8) is 0 Å². The van der Waals surface area contributed by atoms with Crippen LogP contribution in [-0.4, -0.2) is 105 Å². The van der Waals surface area contributed by atoms with Crippen LogP contribution >= 0.6 is 0 Å². The average molecular weight is 735 g/mol. The van der Waals surface area contributed by atoms with Gasteiger partial charge in [0.05, 0.1) is 19.6 Å². The van der Waals surface area contributed by atoms with Crippen LogP contribution in [0.2, 0.25) is 0 Å². The van der Waals surface area contributed by atoms with E-state index in [2.05, 4.69) is 0 Å². The molecule has 3 heterocycles. The topological polar surface area (TPSA) is 224 Å². The first-order valence-corrected chi connectivity index (χ1v) is 17.3. The molecule has 16 heteroatoms. The molecule has 6 aliphatic rings. The first-order chi connectivity index (χ1) is 24.0. The van der Waals surface area contributed by atoms with Crippen molar-refractivity contribution in [1.82, 2.24) is 0 Å². The summed E-state index contributed by atoms with van der Waals surface area (Å²) < 4.78 is 48.4. The number of hydrogen-bond donors (Lipinski definition) is 3. The first kappa shape index (κ1) is 36.8. The molecule has 4 bridgehead atoms. The summed E-state index contributed by atoms with van der Waals surface area (Å²) in [6, 6.07) is 1.54. The van der Waals surface area contributed by atoms with Crippen LogP contribution in [-0.2, 0) is 57.1 Å². The molecule has 52 heavy (non-hydrogen) atoms. The standard InChI is InChI=1S/C36H46O16/c1-16(37)47-25(20-10-11-46-14-20)31(7)22-13-30(6)51-28-34(22,52-30)36(44,26(24(31)42)48-17(2)38)32(8)21(12-23(41)45-9)29(5)15-33(32,43)35(28,50-19(4)40)27(29)49-18(3)39/h10-11,14,21-22,24-28,42-44H,12-13,15H2,1-9H3/t21-,22+,24-,25-,26+,27-,28-,29+,30?,31-,32+,33+,34+,35-,36-/m0/s1. The molecule has 6 fully saturated rings. The van der Waals surface area contributed by atoms with E-state index in [-0.39, 0.29) is 12.8 Å². The van der Waals surface area contributed by atoms with Gasteiger partial charge in [-0.2, -0.15) is 0 Å². The quantitative estimate of drug-likeness (QED) is 0.254. The molecular weight excluding hydrogens is 688 g/mol. The van der Waals surface area contributed by atoms with Gasteiger partial charge in [-0.15, -0.1) is 0 Å². The van der Waals surface area contributed by atoms with Crippen LogP contribution in [0.15, 0.2) is 23.0 Å². The predicted molar refractivity (Wildman–Crippen MR) is 169 cm³/mol. The van der Waals surface area contributed by atoms with E-state index in [1.807, 2.05) is 0 Å². The van der Waals surface area contributed by atoms with E-state index in [1.165, 1.54) is 39.5 Å². The highest BCUT2D eigenvalue weighted by Gasteiger charge is 3.03. The fourth-order valence-corrected chi connectivity index (χ4v) is 12.5. The second-order valence-electron chi connectivity index (χ2n) is 16.4. The highest BCUT2D eigenvalue weighted by atomic mass is 16.8. The van der Waals surface area contributed by atoms with Crippen molar-refractivity contribution in [2.24, 2.45) is 28.1 Å². The third-order valence-electron chi connectivity index (χ3n) is 13.9. The molecule has 2 aliphatic heterocycles. The Morgan fingerprint density at radius 2 is 1.62 bits per heavy atom. The van der Waals surface area contributed by atoms with Crippen molar-refractivity contribution in [3.8, 4) is 0 Å². The molecule has 1 aromatic heterocycles. The Labute approximate surface area is 299 Å². The molecular formula is C36H46O16. The summed E-state index contributed by atoms with van der Waals surface area (Å²) in [6.45, 7) is 10.8. The van der Waals surface area contributed by atoms with Gasteiger partial charge in [-0.05, 0) is 25.3 Å². The number of methoxy groups -OCH3 is 1. The van der Waals surface area contributed by atoms with Crippen molar-refractivity contribution in [3.05, 3.63) is 24.2 Å². The minimum Gasteiger partial charge on any atom is -0.472 e. The van der Waals surface area contributed by atoms with Gasteiger partial charge in [-0.3, -0.25) is 24.0 Å². The Kier molecular flexibility index (Phi) is 7.62. The molecule has 0 radical (unpaired) electrons. The number of furan rings is 1. The fraction of sp³-hybridized carbons (Fsp3) is 0.750. The number of carbonyl (C=O) groups excluding carboxylic acids is 5. The van der Waals surface area contributed by atoms with Gasteiger partial charge < -0.3 is 52.9 Å². The Bertz CT molecular complexity index is 1740. The summed E-state index contributed by atoms with van der Waals surface area (Å²) in [5, 5.41) is 40.4. The van der Waals surface area contributed by atoms with E-state index in [4.69, 9.17) is 37.6 Å². The lowest BCUT2D eigenvalue weighted by Gasteiger charge is -2.77. The molecule has 1 unspecified atom stereocenters. The van der Waals surface area contributed by atoms with Crippen LogP contribution in [0.3, 0.4) is 0 Å². The number of aliphatic hydroxyl groups is 3. The number of rotatable bonds is 8. The van der Waals surface area contributed by atoms with Gasteiger partial charge in [-0.1, -0.05) is 20.8 Å². The van der Waals surface area contributed by atoms with Crippen molar-refractivity contribution >= 4 is 29.8 Å². The van der Waals surface area contributed by atoms with E-state index < -0.39 is 123 Å². The van der Waals surface area contributed by atoms with Gasteiger partial charge in [0, 0.05) is 68.3 Å². The lowest BCUT2D eigenvalue weighted by Crippen LogP contribution is -2.96. The number of ether oxygens (including phenoxy) is 7. The van der Waals surface area contributed by atoms with E-state index >= 15 is 0 Å². The zero-order chi connectivity index (χ0) is 38.4. The number of esters is 5. The van der Waals surface area contributed by atoms with Gasteiger partial charge in [-0.25, -0.2) is 0 Å². The number of aliphatic hydroxyl groups excluding tert-OH is 1. The minimum atomic E-state index is -2.67. The van der Waals surface area contributed by atoms with Gasteiger partial charge in [0.15, 0.2) is 18.0 Å². The highest BCUT2D eigenvalue weighted by molar-refractivity contribution is 5.73. The summed E-state index contributed by atoms with van der Waals surface area (Å²) in [5.41, 5.74) is -14.5. The molecule has 0 amide bonds. The van der Waals surface area contributed by atoms with Crippen LogP contribution in [0.1, 0.15) is 86.3 Å². The van der Waals surface area contributed by atoms with Crippen molar-refractivity contribution in [2.45, 2.75) is 133 Å². The van der Waals surface area contributed by atoms with Crippen LogP contribution in [0.25, 0.3) is 0 Å². The van der Waals surface area contributed by atoms with Crippen LogP contribution in [0.5, 0.6) is 0 Å². The molecule has 0 aromatic carbocycles. The lowest BCUT2D eigenvalue weighted by atomic mass is 9.32. The van der Waals surface area contributed by atoms with Crippen LogP contribution < -0.4 is 0 Å². The summed E-state index contributed by atoms with van der Waals surface area (Å²) in [5.74, 6) is -8.03. The predicted octanol–water partition coefficient (Wildman–Crippen LogP) is 1.41. The largest absolute Gasteiger partial charge is 0.472 e. The normalized spacial score (nSPS) is 49.5. The molecule has 16 nitrogen and oxygen atoms in total. The maximum Gasteiger partial charge on any atom is 0.305 e. The molecule has 7 rings (SSSR count). The molecule has 1 spiro atoms. The number of hydrogen-bond acceptors (Lipinski definition) is 16. The summed E-state index contributed by atoms with van der Waals surface area (Å²) in [4.78, 5) is 65.6. The Hall–Kier alpha value is -3.57. The summed E-state index contributed by atoms with van der Waals surface area (Å²) in [7, 11) is 1.17. The maximum absolute atomic E-state index is 14.1. The molecule has 286 valence electrons. The summed E-state index contributed by atoms with van der Waals surface area (Å²) in [6.07, 6.45) is -6.48. The van der Waals surface area contributed by atoms with Gasteiger partial charge >= 0.3 is 29.8 Å². The highest BCUT2D eigenvalue weighted by Crippen LogP contribution is 2.87. The Morgan fingerprint density at radius 3 is 2.15 bits per heavy atom. The third kappa shape index (κ3) is 3.82. The second kappa shape index (κ2) is 10.8. The molecule has 4 saturated carbocycles. The van der Waals surface area contributed by atoms with Crippen LogP contribution in [0, 0.1) is 28.1 Å². The second-order valence-corrected chi connectivity index (χ2v) is 16.4. The lowest BCUT2D eigenvalue weighted by molar-refractivity contribution is -0.440. The zero-order valence-corrected chi connectivity index (χ0v) is 30.5. The van der Waals surface area contributed by atoms with Crippen molar-refractivity contribution in [1.29, 1.82) is 0 Å². The number of fused-ring (bicyclic) bond motifs is 4. The molecule has 3 N–H and O–H groups in total. The van der Waals surface area contributed by atoms with E-state index in [9.17, 15) is 39.3 Å². The van der Waals surface area contributed by atoms with E-state index in [0.29, 0.717) is 5.56 Å². The Morgan fingerprint density at radius 1 is 0.962 bits per heavy atom. The molecule has 2 saturated heterocycles.